The highest BCUT2D eigenvalue weighted by Gasteiger charge is 2.22. The minimum atomic E-state index is -0.437. The highest BCUT2D eigenvalue weighted by molar-refractivity contribution is 7.21. The number of hydrogen-bond acceptors (Lipinski definition) is 4. The van der Waals surface area contributed by atoms with Gasteiger partial charge in [0.05, 0.1) is 17.7 Å². The number of aliphatic hydroxyl groups is 1. The van der Waals surface area contributed by atoms with Crippen LogP contribution in [0.15, 0.2) is 30.9 Å². The van der Waals surface area contributed by atoms with Gasteiger partial charge in [-0.1, -0.05) is 12.1 Å². The Hall–Kier alpha value is -1.92. The Morgan fingerprint density at radius 1 is 1.55 bits per heavy atom. The van der Waals surface area contributed by atoms with E-state index in [4.69, 9.17) is 10.8 Å². The summed E-state index contributed by atoms with van der Waals surface area (Å²) >= 11 is 1.15. The molecule has 0 fully saturated rings. The highest BCUT2D eigenvalue weighted by atomic mass is 32.1. The van der Waals surface area contributed by atoms with Crippen LogP contribution in [0.4, 0.5) is 10.1 Å². The van der Waals surface area contributed by atoms with Crippen LogP contribution in [-0.4, -0.2) is 35.6 Å². The van der Waals surface area contributed by atoms with Crippen molar-refractivity contribution < 1.29 is 14.3 Å². The van der Waals surface area contributed by atoms with Crippen LogP contribution in [0.25, 0.3) is 10.1 Å². The van der Waals surface area contributed by atoms with Crippen LogP contribution in [0.5, 0.6) is 0 Å². The van der Waals surface area contributed by atoms with Crippen LogP contribution in [0.3, 0.4) is 0 Å². The van der Waals surface area contributed by atoms with Crippen LogP contribution in [0.2, 0.25) is 0 Å². The van der Waals surface area contributed by atoms with Gasteiger partial charge in [0, 0.05) is 17.8 Å². The number of nitrogens with zero attached hydrogens (tertiary/aromatic N) is 1. The molecule has 106 valence electrons. The van der Waals surface area contributed by atoms with Crippen LogP contribution >= 0.6 is 11.3 Å². The van der Waals surface area contributed by atoms with Crippen LogP contribution in [0, 0.1) is 5.82 Å². The largest absolute Gasteiger partial charge is 0.397 e. The Morgan fingerprint density at radius 3 is 2.90 bits per heavy atom. The molecule has 1 aromatic carbocycles. The van der Waals surface area contributed by atoms with Crippen LogP contribution < -0.4 is 5.73 Å². The fraction of sp³-hybridized carbons (Fsp3) is 0.214. The van der Waals surface area contributed by atoms with E-state index in [2.05, 4.69) is 6.58 Å². The third-order valence-corrected chi connectivity index (χ3v) is 4.06. The van der Waals surface area contributed by atoms with E-state index in [-0.39, 0.29) is 30.1 Å². The molecule has 6 heteroatoms. The number of fused-ring (bicyclic) bond motifs is 1. The molecule has 3 N–H and O–H groups in total. The average molecular weight is 294 g/mol. The third kappa shape index (κ3) is 2.52. The van der Waals surface area contributed by atoms with E-state index in [9.17, 15) is 9.18 Å². The summed E-state index contributed by atoms with van der Waals surface area (Å²) in [4.78, 5) is 14.1. The minimum absolute atomic E-state index is 0.153. The molecule has 2 rings (SSSR count). The monoisotopic (exact) mass is 294 g/mol. The molecule has 0 aliphatic rings. The van der Waals surface area contributed by atoms with Crippen molar-refractivity contribution in [3.63, 3.8) is 0 Å². The van der Waals surface area contributed by atoms with E-state index in [0.29, 0.717) is 16.1 Å². The molecule has 1 aromatic heterocycles. The number of benzene rings is 1. The fourth-order valence-electron chi connectivity index (χ4n) is 1.98. The van der Waals surface area contributed by atoms with Gasteiger partial charge < -0.3 is 15.7 Å². The first-order valence-corrected chi connectivity index (χ1v) is 6.89. The summed E-state index contributed by atoms with van der Waals surface area (Å²) < 4.78 is 14.4. The zero-order valence-corrected chi connectivity index (χ0v) is 11.6. The Kier molecular flexibility index (Phi) is 4.36. The Labute approximate surface area is 119 Å². The standard InChI is InChI=1S/C14H15FN2O2S/c1-2-6-17(7-8-18)14(19)13-12(16)11-9(15)4-3-5-10(11)20-13/h2-5,18H,1,6-8,16H2. The van der Waals surface area contributed by atoms with Crippen molar-refractivity contribution >= 4 is 33.0 Å². The van der Waals surface area contributed by atoms with Crippen LogP contribution in [0.1, 0.15) is 9.67 Å². The summed E-state index contributed by atoms with van der Waals surface area (Å²) in [6, 6.07) is 4.62. The number of aliphatic hydroxyl groups excluding tert-OH is 1. The third-order valence-electron chi connectivity index (χ3n) is 2.90. The lowest BCUT2D eigenvalue weighted by molar-refractivity contribution is 0.0748. The van der Waals surface area contributed by atoms with Crippen molar-refractivity contribution in [2.45, 2.75) is 0 Å². The first kappa shape index (κ1) is 14.5. The molecule has 4 nitrogen and oxygen atoms in total. The van der Waals surface area contributed by atoms with Crippen molar-refractivity contribution in [2.24, 2.45) is 0 Å². The molecule has 0 unspecified atom stereocenters. The number of hydrogen-bond donors (Lipinski definition) is 2. The molecular formula is C14H15FN2O2S. The summed E-state index contributed by atoms with van der Waals surface area (Å²) in [7, 11) is 0. The lowest BCUT2D eigenvalue weighted by atomic mass is 10.2. The van der Waals surface area contributed by atoms with Gasteiger partial charge in [0.2, 0.25) is 0 Å². The number of rotatable bonds is 5. The SMILES string of the molecule is C=CCN(CCO)C(=O)c1sc2cccc(F)c2c1N. The molecule has 0 atom stereocenters. The van der Waals surface area contributed by atoms with E-state index in [1.807, 2.05) is 0 Å². The number of carbonyl (C=O) groups excluding carboxylic acids is 1. The van der Waals surface area contributed by atoms with Crippen molar-refractivity contribution in [2.75, 3.05) is 25.4 Å². The summed E-state index contributed by atoms with van der Waals surface area (Å²) in [6.07, 6.45) is 1.57. The van der Waals surface area contributed by atoms with E-state index in [1.165, 1.54) is 11.0 Å². The number of thiophene rings is 1. The predicted octanol–water partition coefficient (Wildman–Crippen LogP) is 2.24. The molecule has 0 spiro atoms. The molecule has 0 aliphatic carbocycles. The first-order valence-electron chi connectivity index (χ1n) is 6.07. The smallest absolute Gasteiger partial charge is 0.266 e. The summed E-state index contributed by atoms with van der Waals surface area (Å²) in [5.41, 5.74) is 6.06. The first-order chi connectivity index (χ1) is 9.60. The van der Waals surface area contributed by atoms with Gasteiger partial charge >= 0.3 is 0 Å². The second-order valence-corrected chi connectivity index (χ2v) is 5.27. The van der Waals surface area contributed by atoms with E-state index >= 15 is 0 Å². The van der Waals surface area contributed by atoms with Gasteiger partial charge in [-0.05, 0) is 12.1 Å². The van der Waals surface area contributed by atoms with Gasteiger partial charge in [0.1, 0.15) is 10.7 Å². The highest BCUT2D eigenvalue weighted by Crippen LogP contribution is 2.35. The van der Waals surface area contributed by atoms with Gasteiger partial charge in [-0.25, -0.2) is 4.39 Å². The Balaban J connectivity index is 2.46. The van der Waals surface area contributed by atoms with E-state index in [0.717, 1.165) is 11.3 Å². The second kappa shape index (κ2) is 6.02. The normalized spacial score (nSPS) is 10.7. The number of anilines is 1. The van der Waals surface area contributed by atoms with E-state index < -0.39 is 5.82 Å². The lowest BCUT2D eigenvalue weighted by Crippen LogP contribution is -2.33. The molecule has 2 aromatic rings. The molecule has 20 heavy (non-hydrogen) atoms. The predicted molar refractivity (Wildman–Crippen MR) is 79.4 cm³/mol. The number of amides is 1. The minimum Gasteiger partial charge on any atom is -0.397 e. The summed E-state index contributed by atoms with van der Waals surface area (Å²) in [6.45, 7) is 3.90. The van der Waals surface area contributed by atoms with Crippen molar-refractivity contribution in [3.05, 3.63) is 41.5 Å². The average Bonchev–Trinajstić information content (AvgIpc) is 2.76. The maximum Gasteiger partial charge on any atom is 0.266 e. The molecule has 0 aliphatic heterocycles. The van der Waals surface area contributed by atoms with Crippen molar-refractivity contribution in [3.8, 4) is 0 Å². The maximum atomic E-state index is 13.8. The molecular weight excluding hydrogens is 279 g/mol. The second-order valence-electron chi connectivity index (χ2n) is 4.22. The molecule has 1 amide bonds. The van der Waals surface area contributed by atoms with Gasteiger partial charge in [-0.15, -0.1) is 17.9 Å². The topological polar surface area (TPSA) is 66.6 Å². The molecule has 0 saturated carbocycles. The number of halogens is 1. The van der Waals surface area contributed by atoms with Gasteiger partial charge in [-0.2, -0.15) is 0 Å². The van der Waals surface area contributed by atoms with Gasteiger partial charge in [0.15, 0.2) is 0 Å². The van der Waals surface area contributed by atoms with Gasteiger partial charge in [-0.3, -0.25) is 4.79 Å². The van der Waals surface area contributed by atoms with Gasteiger partial charge in [0.25, 0.3) is 5.91 Å². The zero-order valence-electron chi connectivity index (χ0n) is 10.8. The zero-order chi connectivity index (χ0) is 14.7. The lowest BCUT2D eigenvalue weighted by Gasteiger charge is -2.19. The molecule has 0 radical (unpaired) electrons. The quantitative estimate of drug-likeness (QED) is 0.831. The van der Waals surface area contributed by atoms with E-state index in [1.54, 1.807) is 18.2 Å². The number of nitrogens with two attached hydrogens (primary N) is 1. The number of nitrogen functional groups attached to an aromatic ring is 1. The molecule has 0 bridgehead atoms. The Morgan fingerprint density at radius 2 is 2.30 bits per heavy atom. The number of carbonyl (C=O) groups is 1. The van der Waals surface area contributed by atoms with Crippen molar-refractivity contribution in [1.82, 2.24) is 4.90 Å². The molecule has 0 saturated heterocycles. The summed E-state index contributed by atoms with van der Waals surface area (Å²) in [5, 5.41) is 9.28. The van der Waals surface area contributed by atoms with Crippen molar-refractivity contribution in [1.29, 1.82) is 0 Å². The Bertz CT molecular complexity index is 654. The fourth-order valence-corrected chi connectivity index (χ4v) is 3.09. The molecule has 1 heterocycles. The maximum absolute atomic E-state index is 13.8. The summed E-state index contributed by atoms with van der Waals surface area (Å²) in [5.74, 6) is -0.759. The van der Waals surface area contributed by atoms with Crippen LogP contribution in [-0.2, 0) is 0 Å².